The molecule has 0 radical (unpaired) electrons. The third-order valence-electron chi connectivity index (χ3n) is 5.18. The van der Waals surface area contributed by atoms with Gasteiger partial charge in [0.1, 0.15) is 5.58 Å². The summed E-state index contributed by atoms with van der Waals surface area (Å²) in [5.41, 5.74) is 4.71. The van der Waals surface area contributed by atoms with Crippen LogP contribution in [0.5, 0.6) is 5.75 Å². The summed E-state index contributed by atoms with van der Waals surface area (Å²) in [6, 6.07) is 20.3. The van der Waals surface area contributed by atoms with Gasteiger partial charge in [0.15, 0.2) is 12.4 Å². The molecule has 0 atom stereocenters. The highest BCUT2D eigenvalue weighted by Crippen LogP contribution is 2.31. The first-order chi connectivity index (χ1) is 14.9. The molecule has 1 amide bonds. The van der Waals surface area contributed by atoms with Crippen LogP contribution < -0.4 is 15.5 Å². The van der Waals surface area contributed by atoms with Gasteiger partial charge < -0.3 is 14.5 Å². The lowest BCUT2D eigenvalue weighted by Crippen LogP contribution is -2.22. The standard InChI is InChI=1S/C26H23NO4/c1-16-9-12-22-21(13-16)24(29)26(25(31-22)19-7-5-4-6-8-19)30-15-23(28)27-20-11-10-17(2)18(3)14-20/h4-14H,15H2,1-3H3,(H,27,28). The van der Waals surface area contributed by atoms with Crippen molar-refractivity contribution >= 4 is 22.6 Å². The molecule has 4 aromatic rings. The van der Waals surface area contributed by atoms with E-state index in [1.54, 1.807) is 12.1 Å². The van der Waals surface area contributed by atoms with Gasteiger partial charge in [-0.15, -0.1) is 0 Å². The molecule has 3 aromatic carbocycles. The summed E-state index contributed by atoms with van der Waals surface area (Å²) in [5, 5.41) is 3.23. The summed E-state index contributed by atoms with van der Waals surface area (Å²) < 4.78 is 11.8. The molecule has 1 aromatic heterocycles. The first kappa shape index (κ1) is 20.4. The molecule has 4 rings (SSSR count). The fourth-order valence-corrected chi connectivity index (χ4v) is 3.36. The Morgan fingerprint density at radius 3 is 2.45 bits per heavy atom. The molecule has 0 aliphatic heterocycles. The van der Waals surface area contributed by atoms with Crippen LogP contribution in [0.1, 0.15) is 16.7 Å². The van der Waals surface area contributed by atoms with Gasteiger partial charge in [0.2, 0.25) is 11.2 Å². The summed E-state index contributed by atoms with van der Waals surface area (Å²) in [7, 11) is 0. The van der Waals surface area contributed by atoms with Gasteiger partial charge in [0.25, 0.3) is 5.91 Å². The number of anilines is 1. The van der Waals surface area contributed by atoms with Crippen molar-refractivity contribution in [3.63, 3.8) is 0 Å². The number of aryl methyl sites for hydroxylation is 3. The molecular weight excluding hydrogens is 390 g/mol. The van der Waals surface area contributed by atoms with Gasteiger partial charge in [-0.2, -0.15) is 0 Å². The van der Waals surface area contributed by atoms with E-state index in [4.69, 9.17) is 9.15 Å². The zero-order valence-corrected chi connectivity index (χ0v) is 17.7. The largest absolute Gasteiger partial charge is 0.476 e. The molecule has 0 aliphatic rings. The lowest BCUT2D eigenvalue weighted by molar-refractivity contribution is -0.118. The first-order valence-electron chi connectivity index (χ1n) is 10.0. The Kier molecular flexibility index (Phi) is 5.58. The maximum absolute atomic E-state index is 13.2. The molecule has 5 heteroatoms. The van der Waals surface area contributed by atoms with Crippen LogP contribution in [0, 0.1) is 20.8 Å². The molecule has 0 saturated heterocycles. The minimum atomic E-state index is -0.356. The summed E-state index contributed by atoms with van der Waals surface area (Å²) in [5.74, 6) is -0.0218. The summed E-state index contributed by atoms with van der Waals surface area (Å²) in [4.78, 5) is 25.7. The summed E-state index contributed by atoms with van der Waals surface area (Å²) >= 11 is 0. The van der Waals surface area contributed by atoms with E-state index in [1.165, 1.54) is 0 Å². The van der Waals surface area contributed by atoms with Gasteiger partial charge >= 0.3 is 0 Å². The molecule has 156 valence electrons. The molecule has 0 aliphatic carbocycles. The van der Waals surface area contributed by atoms with Gasteiger partial charge in [-0.25, -0.2) is 0 Å². The van der Waals surface area contributed by atoms with E-state index in [1.807, 2.05) is 75.4 Å². The molecule has 1 heterocycles. The number of nitrogens with one attached hydrogen (secondary N) is 1. The molecule has 0 saturated carbocycles. The second-order valence-corrected chi connectivity index (χ2v) is 7.59. The second kappa shape index (κ2) is 8.48. The van der Waals surface area contributed by atoms with Crippen LogP contribution in [0.4, 0.5) is 5.69 Å². The SMILES string of the molecule is Cc1ccc2oc(-c3ccccc3)c(OCC(=O)Nc3ccc(C)c(C)c3)c(=O)c2c1. The number of hydrogen-bond acceptors (Lipinski definition) is 4. The van der Waals surface area contributed by atoms with Crippen molar-refractivity contribution in [2.75, 3.05) is 11.9 Å². The highest BCUT2D eigenvalue weighted by atomic mass is 16.5. The van der Waals surface area contributed by atoms with Gasteiger partial charge in [-0.05, 0) is 56.2 Å². The lowest BCUT2D eigenvalue weighted by Gasteiger charge is -2.12. The molecule has 0 bridgehead atoms. The zero-order chi connectivity index (χ0) is 22.0. The number of carbonyl (C=O) groups excluding carboxylic acids is 1. The minimum absolute atomic E-state index is 0.0273. The monoisotopic (exact) mass is 413 g/mol. The van der Waals surface area contributed by atoms with Crippen LogP contribution in [0.2, 0.25) is 0 Å². The fraction of sp³-hybridized carbons (Fsp3) is 0.154. The van der Waals surface area contributed by atoms with Crippen molar-refractivity contribution in [1.82, 2.24) is 0 Å². The smallest absolute Gasteiger partial charge is 0.262 e. The Hall–Kier alpha value is -3.86. The topological polar surface area (TPSA) is 68.5 Å². The maximum atomic E-state index is 13.2. The number of hydrogen-bond donors (Lipinski definition) is 1. The van der Waals surface area contributed by atoms with Crippen molar-refractivity contribution in [3.8, 4) is 17.1 Å². The van der Waals surface area contributed by atoms with E-state index in [0.717, 1.165) is 16.7 Å². The molecule has 1 N–H and O–H groups in total. The molecule has 0 unspecified atom stereocenters. The van der Waals surface area contributed by atoms with Gasteiger partial charge in [0, 0.05) is 11.3 Å². The number of rotatable bonds is 5. The molecule has 0 fully saturated rings. The van der Waals surface area contributed by atoms with E-state index in [2.05, 4.69) is 5.32 Å². The average Bonchev–Trinajstić information content (AvgIpc) is 2.76. The van der Waals surface area contributed by atoms with E-state index in [-0.39, 0.29) is 23.7 Å². The quantitative estimate of drug-likeness (QED) is 0.475. The Morgan fingerprint density at radius 1 is 0.935 bits per heavy atom. The van der Waals surface area contributed by atoms with Crippen LogP contribution in [0.3, 0.4) is 0 Å². The Morgan fingerprint density at radius 2 is 1.71 bits per heavy atom. The molecular formula is C26H23NO4. The molecule has 0 spiro atoms. The van der Waals surface area contributed by atoms with Gasteiger partial charge in [-0.1, -0.05) is 48.0 Å². The fourth-order valence-electron chi connectivity index (χ4n) is 3.36. The number of fused-ring (bicyclic) bond motifs is 1. The lowest BCUT2D eigenvalue weighted by atomic mass is 10.1. The first-order valence-corrected chi connectivity index (χ1v) is 10.0. The Bertz CT molecular complexity index is 1320. The number of amides is 1. The number of ether oxygens (including phenoxy) is 1. The van der Waals surface area contributed by atoms with Crippen LogP contribution >= 0.6 is 0 Å². The summed E-state index contributed by atoms with van der Waals surface area (Å²) in [6.45, 7) is 5.59. The maximum Gasteiger partial charge on any atom is 0.262 e. The highest BCUT2D eigenvalue weighted by molar-refractivity contribution is 5.92. The van der Waals surface area contributed by atoms with Crippen LogP contribution in [0.15, 0.2) is 75.9 Å². The van der Waals surface area contributed by atoms with Gasteiger partial charge in [0.05, 0.1) is 5.39 Å². The third kappa shape index (κ3) is 4.36. The normalized spacial score (nSPS) is 10.8. The predicted molar refractivity (Wildman–Crippen MR) is 123 cm³/mol. The van der Waals surface area contributed by atoms with Crippen LogP contribution in [-0.4, -0.2) is 12.5 Å². The second-order valence-electron chi connectivity index (χ2n) is 7.59. The molecule has 5 nitrogen and oxygen atoms in total. The van der Waals surface area contributed by atoms with Crippen LogP contribution in [-0.2, 0) is 4.79 Å². The van der Waals surface area contributed by atoms with Crippen LogP contribution in [0.25, 0.3) is 22.3 Å². The van der Waals surface area contributed by atoms with Crippen molar-refractivity contribution < 1.29 is 13.9 Å². The van der Waals surface area contributed by atoms with E-state index in [9.17, 15) is 9.59 Å². The van der Waals surface area contributed by atoms with E-state index in [0.29, 0.717) is 28.0 Å². The van der Waals surface area contributed by atoms with Crippen molar-refractivity contribution in [2.24, 2.45) is 0 Å². The Labute approximate surface area is 180 Å². The van der Waals surface area contributed by atoms with Crippen molar-refractivity contribution in [3.05, 3.63) is 93.6 Å². The molecule has 31 heavy (non-hydrogen) atoms. The summed E-state index contributed by atoms with van der Waals surface area (Å²) in [6.07, 6.45) is 0. The van der Waals surface area contributed by atoms with Crippen molar-refractivity contribution in [1.29, 1.82) is 0 Å². The van der Waals surface area contributed by atoms with Gasteiger partial charge in [-0.3, -0.25) is 9.59 Å². The average molecular weight is 413 g/mol. The Balaban J connectivity index is 1.67. The number of benzene rings is 3. The minimum Gasteiger partial charge on any atom is -0.476 e. The van der Waals surface area contributed by atoms with E-state index >= 15 is 0 Å². The third-order valence-corrected chi connectivity index (χ3v) is 5.18. The zero-order valence-electron chi connectivity index (χ0n) is 17.7. The highest BCUT2D eigenvalue weighted by Gasteiger charge is 2.19. The predicted octanol–water partition coefficient (Wildman–Crippen LogP) is 5.40. The van der Waals surface area contributed by atoms with Crippen molar-refractivity contribution in [2.45, 2.75) is 20.8 Å². The number of carbonyl (C=O) groups is 1. The van der Waals surface area contributed by atoms with E-state index < -0.39 is 0 Å².